The first-order chi connectivity index (χ1) is 9.99. The van der Waals surface area contributed by atoms with Crippen LogP contribution in [0.4, 0.5) is 10.1 Å². The Morgan fingerprint density at radius 2 is 1.95 bits per heavy atom. The molecule has 1 aromatic carbocycles. The van der Waals surface area contributed by atoms with Crippen LogP contribution >= 0.6 is 0 Å². The first-order valence-electron chi connectivity index (χ1n) is 7.33. The van der Waals surface area contributed by atoms with Crippen molar-refractivity contribution in [1.29, 1.82) is 0 Å². The van der Waals surface area contributed by atoms with E-state index in [0.717, 1.165) is 12.8 Å². The third-order valence-corrected chi connectivity index (χ3v) is 4.13. The fourth-order valence-electron chi connectivity index (χ4n) is 2.78. The summed E-state index contributed by atoms with van der Waals surface area (Å²) in [5.74, 6) is 0.553. The van der Waals surface area contributed by atoms with E-state index in [0.29, 0.717) is 28.6 Å². The van der Waals surface area contributed by atoms with E-state index in [4.69, 9.17) is 5.73 Å². The minimum atomic E-state index is -0.322. The van der Waals surface area contributed by atoms with Crippen LogP contribution in [0, 0.1) is 18.7 Å². The number of hydrogen-bond donors (Lipinski definition) is 1. The highest BCUT2D eigenvalue weighted by molar-refractivity contribution is 5.63. The largest absolute Gasteiger partial charge is 0.399 e. The highest BCUT2D eigenvalue weighted by Crippen LogP contribution is 2.30. The number of benzene rings is 1. The maximum Gasteiger partial charge on any atom is 0.185 e. The van der Waals surface area contributed by atoms with Crippen LogP contribution in [0.3, 0.4) is 0 Å². The topological polar surface area (TPSA) is 69.6 Å². The van der Waals surface area contributed by atoms with E-state index in [2.05, 4.69) is 36.3 Å². The molecule has 0 aliphatic heterocycles. The van der Waals surface area contributed by atoms with E-state index in [1.165, 1.54) is 0 Å². The van der Waals surface area contributed by atoms with Crippen molar-refractivity contribution in [2.24, 2.45) is 5.92 Å². The number of nitrogen functional groups attached to an aromatic ring is 1. The Hall–Kier alpha value is -1.98. The third kappa shape index (κ3) is 2.89. The van der Waals surface area contributed by atoms with Crippen LogP contribution in [0.25, 0.3) is 11.4 Å². The number of nitrogens with zero attached hydrogens (tertiary/aromatic N) is 4. The zero-order chi connectivity index (χ0) is 15.6. The summed E-state index contributed by atoms with van der Waals surface area (Å²) in [6.07, 6.45) is 2.05. The van der Waals surface area contributed by atoms with Gasteiger partial charge in [-0.05, 0) is 47.9 Å². The zero-order valence-corrected chi connectivity index (χ0v) is 13.0. The van der Waals surface area contributed by atoms with Gasteiger partial charge in [-0.1, -0.05) is 26.7 Å². The van der Waals surface area contributed by atoms with Crippen LogP contribution in [-0.2, 0) is 0 Å². The zero-order valence-electron chi connectivity index (χ0n) is 13.0. The summed E-state index contributed by atoms with van der Waals surface area (Å²) in [5, 5.41) is 11.8. The second-order valence-electron chi connectivity index (χ2n) is 5.46. The number of tetrazole rings is 1. The Labute approximate surface area is 124 Å². The van der Waals surface area contributed by atoms with Crippen LogP contribution in [-0.4, -0.2) is 20.2 Å². The molecule has 2 aromatic rings. The molecule has 0 saturated carbocycles. The molecule has 0 saturated heterocycles. The van der Waals surface area contributed by atoms with Gasteiger partial charge in [-0.2, -0.15) is 0 Å². The highest BCUT2D eigenvalue weighted by Gasteiger charge is 2.23. The van der Waals surface area contributed by atoms with Crippen molar-refractivity contribution in [3.05, 3.63) is 23.5 Å². The number of halogens is 1. The number of hydrogen-bond acceptors (Lipinski definition) is 4. The van der Waals surface area contributed by atoms with E-state index >= 15 is 0 Å². The summed E-state index contributed by atoms with van der Waals surface area (Å²) in [7, 11) is 0. The lowest BCUT2D eigenvalue weighted by molar-refractivity contribution is 0.308. The minimum absolute atomic E-state index is 0.103. The summed E-state index contributed by atoms with van der Waals surface area (Å²) in [5.41, 5.74) is 7.19. The van der Waals surface area contributed by atoms with Gasteiger partial charge in [0, 0.05) is 5.69 Å². The van der Waals surface area contributed by atoms with Crippen LogP contribution in [0.1, 0.15) is 45.2 Å². The molecule has 6 heteroatoms. The Balaban J connectivity index is 2.51. The van der Waals surface area contributed by atoms with E-state index in [9.17, 15) is 4.39 Å². The molecule has 2 rings (SSSR count). The van der Waals surface area contributed by atoms with Crippen LogP contribution in [0.15, 0.2) is 12.1 Å². The number of nitrogens with two attached hydrogens (primary N) is 1. The Kier molecular flexibility index (Phi) is 4.55. The number of aromatic nitrogens is 4. The van der Waals surface area contributed by atoms with E-state index in [-0.39, 0.29) is 11.9 Å². The summed E-state index contributed by atoms with van der Waals surface area (Å²) >= 11 is 0. The molecule has 1 unspecified atom stereocenters. The molecule has 0 amide bonds. The van der Waals surface area contributed by atoms with Crippen LogP contribution < -0.4 is 5.73 Å². The summed E-state index contributed by atoms with van der Waals surface area (Å²) in [6, 6.07) is 3.30. The minimum Gasteiger partial charge on any atom is -0.399 e. The molecule has 2 N–H and O–H groups in total. The quantitative estimate of drug-likeness (QED) is 0.857. The predicted octanol–water partition coefficient (Wildman–Crippen LogP) is 3.37. The molecule has 1 heterocycles. The molecule has 5 nitrogen and oxygen atoms in total. The van der Waals surface area contributed by atoms with Gasteiger partial charge in [-0.3, -0.25) is 0 Å². The maximum atomic E-state index is 14.4. The summed E-state index contributed by atoms with van der Waals surface area (Å²) in [6.45, 7) is 8.03. The standard InChI is InChI=1S/C15H22FN5/c1-5-11(6-2)10(4)21-15(18-19-20-21)13-8-12(17)7-9(3)14(13)16/h7-8,10-11H,5-6,17H2,1-4H3. The monoisotopic (exact) mass is 291 g/mol. The number of anilines is 1. The van der Waals surface area contributed by atoms with Gasteiger partial charge in [-0.25, -0.2) is 9.07 Å². The van der Waals surface area contributed by atoms with Crippen molar-refractivity contribution in [2.45, 2.75) is 46.6 Å². The van der Waals surface area contributed by atoms with Gasteiger partial charge >= 0.3 is 0 Å². The van der Waals surface area contributed by atoms with Gasteiger partial charge in [0.1, 0.15) is 5.82 Å². The predicted molar refractivity (Wildman–Crippen MR) is 81.1 cm³/mol. The van der Waals surface area contributed by atoms with Crippen LogP contribution in [0.5, 0.6) is 0 Å². The van der Waals surface area contributed by atoms with Crippen molar-refractivity contribution >= 4 is 5.69 Å². The van der Waals surface area contributed by atoms with E-state index in [1.807, 2.05) is 0 Å². The van der Waals surface area contributed by atoms with Crippen molar-refractivity contribution < 1.29 is 4.39 Å². The molecule has 0 aliphatic rings. The van der Waals surface area contributed by atoms with Gasteiger partial charge in [0.05, 0.1) is 11.6 Å². The number of rotatable bonds is 5. The Morgan fingerprint density at radius 1 is 1.29 bits per heavy atom. The van der Waals surface area contributed by atoms with Gasteiger partial charge in [-0.15, -0.1) is 5.10 Å². The fourth-order valence-corrected chi connectivity index (χ4v) is 2.78. The Bertz CT molecular complexity index is 619. The molecule has 21 heavy (non-hydrogen) atoms. The smallest absolute Gasteiger partial charge is 0.185 e. The average Bonchev–Trinajstić information content (AvgIpc) is 2.93. The SMILES string of the molecule is CCC(CC)C(C)n1nnnc1-c1cc(N)cc(C)c1F. The van der Waals surface area contributed by atoms with Gasteiger partial charge in [0.25, 0.3) is 0 Å². The summed E-state index contributed by atoms with van der Waals surface area (Å²) < 4.78 is 16.1. The van der Waals surface area contributed by atoms with Gasteiger partial charge < -0.3 is 5.73 Å². The van der Waals surface area contributed by atoms with E-state index < -0.39 is 0 Å². The van der Waals surface area contributed by atoms with Crippen molar-refractivity contribution in [2.75, 3.05) is 5.73 Å². The lowest BCUT2D eigenvalue weighted by Crippen LogP contribution is -2.18. The van der Waals surface area contributed by atoms with Crippen LogP contribution in [0.2, 0.25) is 0 Å². The van der Waals surface area contributed by atoms with Gasteiger partial charge in [0.2, 0.25) is 0 Å². The molecule has 0 bridgehead atoms. The third-order valence-electron chi connectivity index (χ3n) is 4.13. The maximum absolute atomic E-state index is 14.4. The fraction of sp³-hybridized carbons (Fsp3) is 0.533. The second kappa shape index (κ2) is 6.20. The molecule has 0 radical (unpaired) electrons. The molecule has 0 fully saturated rings. The Morgan fingerprint density at radius 3 is 2.57 bits per heavy atom. The first kappa shape index (κ1) is 15.4. The number of aryl methyl sites for hydroxylation is 1. The molecular weight excluding hydrogens is 269 g/mol. The molecule has 114 valence electrons. The van der Waals surface area contributed by atoms with Crippen molar-refractivity contribution in [3.8, 4) is 11.4 Å². The average molecular weight is 291 g/mol. The molecule has 0 spiro atoms. The normalized spacial score (nSPS) is 12.9. The van der Waals surface area contributed by atoms with E-state index in [1.54, 1.807) is 23.7 Å². The molecule has 1 atom stereocenters. The van der Waals surface area contributed by atoms with Gasteiger partial charge in [0.15, 0.2) is 5.82 Å². The lowest BCUT2D eigenvalue weighted by atomic mass is 9.95. The second-order valence-corrected chi connectivity index (χ2v) is 5.46. The summed E-state index contributed by atoms with van der Waals surface area (Å²) in [4.78, 5) is 0. The molecule has 1 aromatic heterocycles. The van der Waals surface area contributed by atoms with Crippen molar-refractivity contribution in [1.82, 2.24) is 20.2 Å². The molecule has 0 aliphatic carbocycles. The lowest BCUT2D eigenvalue weighted by Gasteiger charge is -2.22. The molecular formula is C15H22FN5. The first-order valence-corrected chi connectivity index (χ1v) is 7.33. The highest BCUT2D eigenvalue weighted by atomic mass is 19.1. The van der Waals surface area contributed by atoms with Crippen molar-refractivity contribution in [3.63, 3.8) is 0 Å².